The van der Waals surface area contributed by atoms with Crippen molar-refractivity contribution in [1.29, 1.82) is 0 Å². The molecule has 5 heteroatoms. The van der Waals surface area contributed by atoms with Crippen molar-refractivity contribution in [3.63, 3.8) is 0 Å². The van der Waals surface area contributed by atoms with Gasteiger partial charge in [0.15, 0.2) is 12.4 Å². The Morgan fingerprint density at radius 2 is 1.33 bits per heavy atom. The zero-order valence-electron chi connectivity index (χ0n) is 14.6. The van der Waals surface area contributed by atoms with Crippen LogP contribution in [0.25, 0.3) is 0 Å². The van der Waals surface area contributed by atoms with E-state index in [1.807, 2.05) is 48.5 Å². The molecule has 0 saturated carbocycles. The van der Waals surface area contributed by atoms with Gasteiger partial charge >= 0.3 is 0 Å². The second-order valence-corrected chi connectivity index (χ2v) is 5.81. The fourth-order valence-corrected chi connectivity index (χ4v) is 2.41. The Morgan fingerprint density at radius 3 is 2.00 bits per heavy atom. The van der Waals surface area contributed by atoms with Crippen LogP contribution >= 0.6 is 0 Å². The van der Waals surface area contributed by atoms with Crippen molar-refractivity contribution >= 4 is 11.7 Å². The fourth-order valence-electron chi connectivity index (χ4n) is 2.41. The number of hydroxylamine groups is 1. The van der Waals surface area contributed by atoms with E-state index in [-0.39, 0.29) is 19.0 Å². The van der Waals surface area contributed by atoms with Crippen LogP contribution in [0.4, 0.5) is 0 Å². The molecule has 0 aliphatic carbocycles. The van der Waals surface area contributed by atoms with Gasteiger partial charge in [0, 0.05) is 11.1 Å². The average molecular weight is 361 g/mol. The van der Waals surface area contributed by atoms with Crippen LogP contribution < -0.4 is 10.2 Å². The van der Waals surface area contributed by atoms with Crippen LogP contribution in [0.15, 0.2) is 84.9 Å². The molecule has 0 radical (unpaired) electrons. The number of hydrogen-bond acceptors (Lipinski definition) is 4. The summed E-state index contributed by atoms with van der Waals surface area (Å²) in [6, 6.07) is 25.2. The van der Waals surface area contributed by atoms with Crippen molar-refractivity contribution in [3.05, 3.63) is 102 Å². The molecule has 27 heavy (non-hydrogen) atoms. The minimum absolute atomic E-state index is 0.0609. The Balaban J connectivity index is 1.44. The zero-order valence-corrected chi connectivity index (χ0v) is 14.6. The van der Waals surface area contributed by atoms with E-state index in [1.165, 1.54) is 0 Å². The van der Waals surface area contributed by atoms with E-state index in [4.69, 9.17) is 9.57 Å². The molecule has 1 N–H and O–H groups in total. The highest BCUT2D eigenvalue weighted by atomic mass is 16.7. The third-order valence-electron chi connectivity index (χ3n) is 3.79. The van der Waals surface area contributed by atoms with Gasteiger partial charge in [-0.1, -0.05) is 60.7 Å². The highest BCUT2D eigenvalue weighted by molar-refractivity contribution is 6.08. The van der Waals surface area contributed by atoms with Gasteiger partial charge in [-0.2, -0.15) is 0 Å². The number of ketones is 1. The maximum absolute atomic E-state index is 12.3. The Kier molecular flexibility index (Phi) is 6.33. The van der Waals surface area contributed by atoms with E-state index in [0.717, 1.165) is 5.56 Å². The normalized spacial score (nSPS) is 10.2. The average Bonchev–Trinajstić information content (AvgIpc) is 2.73. The Hall–Kier alpha value is -3.44. The number of nitrogens with one attached hydrogen (secondary N) is 1. The molecule has 1 amide bonds. The molecule has 0 bridgehead atoms. The number of hydrogen-bond donors (Lipinski definition) is 1. The van der Waals surface area contributed by atoms with Crippen molar-refractivity contribution in [1.82, 2.24) is 5.48 Å². The zero-order chi connectivity index (χ0) is 18.9. The van der Waals surface area contributed by atoms with Crippen molar-refractivity contribution in [2.75, 3.05) is 6.61 Å². The number of rotatable bonds is 8. The van der Waals surface area contributed by atoms with Gasteiger partial charge in [-0.05, 0) is 29.8 Å². The molecule has 3 rings (SSSR count). The van der Waals surface area contributed by atoms with Gasteiger partial charge in [0.1, 0.15) is 5.75 Å². The lowest BCUT2D eigenvalue weighted by Gasteiger charge is -2.08. The van der Waals surface area contributed by atoms with Crippen LogP contribution in [0.3, 0.4) is 0 Å². The highest BCUT2D eigenvalue weighted by Crippen LogP contribution is 2.15. The minimum Gasteiger partial charge on any atom is -0.484 e. The highest BCUT2D eigenvalue weighted by Gasteiger charge is 2.09. The van der Waals surface area contributed by atoms with Crippen molar-refractivity contribution in [2.45, 2.75) is 6.61 Å². The number of ether oxygens (including phenoxy) is 1. The summed E-state index contributed by atoms with van der Waals surface area (Å²) in [5.41, 5.74) is 4.48. The van der Waals surface area contributed by atoms with Crippen LogP contribution in [0.2, 0.25) is 0 Å². The van der Waals surface area contributed by atoms with Gasteiger partial charge in [0.2, 0.25) is 0 Å². The topological polar surface area (TPSA) is 64.6 Å². The summed E-state index contributed by atoms with van der Waals surface area (Å²) >= 11 is 0. The molecule has 5 nitrogen and oxygen atoms in total. The molecular weight excluding hydrogens is 342 g/mol. The van der Waals surface area contributed by atoms with E-state index in [0.29, 0.717) is 16.9 Å². The Bertz CT molecular complexity index is 877. The number of carbonyl (C=O) groups is 2. The van der Waals surface area contributed by atoms with Gasteiger partial charge < -0.3 is 4.74 Å². The molecule has 0 unspecified atom stereocenters. The second kappa shape index (κ2) is 9.31. The van der Waals surface area contributed by atoms with Gasteiger partial charge in [-0.25, -0.2) is 5.48 Å². The predicted octanol–water partition coefficient (Wildman–Crippen LogP) is 3.54. The third kappa shape index (κ3) is 5.52. The van der Waals surface area contributed by atoms with Gasteiger partial charge in [-0.3, -0.25) is 14.4 Å². The fraction of sp³-hybridized carbons (Fsp3) is 0.0909. The van der Waals surface area contributed by atoms with Crippen LogP contribution in [-0.2, 0) is 16.2 Å². The van der Waals surface area contributed by atoms with Crippen molar-refractivity contribution < 1.29 is 19.2 Å². The van der Waals surface area contributed by atoms with Crippen LogP contribution in [0.5, 0.6) is 5.75 Å². The first kappa shape index (κ1) is 18.4. The summed E-state index contributed by atoms with van der Waals surface area (Å²) in [6.07, 6.45) is 0. The smallest absolute Gasteiger partial charge is 0.281 e. The molecule has 0 fully saturated rings. The Morgan fingerprint density at radius 1 is 0.741 bits per heavy atom. The second-order valence-electron chi connectivity index (χ2n) is 5.81. The molecular formula is C22H19NO4. The summed E-state index contributed by atoms with van der Waals surface area (Å²) in [6.45, 7) is 0.101. The maximum atomic E-state index is 12.3. The molecule has 0 aliphatic rings. The van der Waals surface area contributed by atoms with E-state index in [1.54, 1.807) is 36.4 Å². The molecule has 3 aromatic rings. The third-order valence-corrected chi connectivity index (χ3v) is 3.79. The standard InChI is InChI=1S/C22H19NO4/c24-21(23-27-15-17-7-3-1-4-8-17)16-26-20-13-11-19(12-14-20)22(25)18-9-5-2-6-10-18/h1-14H,15-16H2,(H,23,24). The van der Waals surface area contributed by atoms with E-state index in [2.05, 4.69) is 5.48 Å². The van der Waals surface area contributed by atoms with Crippen molar-refractivity contribution in [2.24, 2.45) is 0 Å². The summed E-state index contributed by atoms with van der Waals surface area (Å²) in [5.74, 6) is 0.0439. The van der Waals surface area contributed by atoms with E-state index in [9.17, 15) is 9.59 Å². The summed E-state index contributed by atoms with van der Waals surface area (Å²) in [7, 11) is 0. The van der Waals surface area contributed by atoms with Gasteiger partial charge in [-0.15, -0.1) is 0 Å². The summed E-state index contributed by atoms with van der Waals surface area (Å²) < 4.78 is 5.41. The number of amides is 1. The first-order valence-corrected chi connectivity index (χ1v) is 8.49. The molecule has 0 aromatic heterocycles. The Labute approximate surface area is 157 Å². The SMILES string of the molecule is O=C(COc1ccc(C(=O)c2ccccc2)cc1)NOCc1ccccc1. The maximum Gasteiger partial charge on any atom is 0.281 e. The molecule has 3 aromatic carbocycles. The number of carbonyl (C=O) groups excluding carboxylic acids is 2. The van der Waals surface area contributed by atoms with Gasteiger partial charge in [0.05, 0.1) is 6.61 Å². The van der Waals surface area contributed by atoms with Crippen LogP contribution in [0, 0.1) is 0 Å². The van der Waals surface area contributed by atoms with Crippen molar-refractivity contribution in [3.8, 4) is 5.75 Å². The predicted molar refractivity (Wildman–Crippen MR) is 101 cm³/mol. The number of benzene rings is 3. The first-order chi connectivity index (χ1) is 13.2. The van der Waals surface area contributed by atoms with Gasteiger partial charge in [0.25, 0.3) is 5.91 Å². The van der Waals surface area contributed by atoms with Crippen LogP contribution in [0.1, 0.15) is 21.5 Å². The summed E-state index contributed by atoms with van der Waals surface area (Å²) in [5, 5.41) is 0. The lowest BCUT2D eigenvalue weighted by molar-refractivity contribution is -0.136. The lowest BCUT2D eigenvalue weighted by atomic mass is 10.0. The largest absolute Gasteiger partial charge is 0.484 e. The molecule has 0 atom stereocenters. The molecule has 0 spiro atoms. The first-order valence-electron chi connectivity index (χ1n) is 8.49. The molecule has 136 valence electrons. The molecule has 0 heterocycles. The quantitative estimate of drug-likeness (QED) is 0.492. The van der Waals surface area contributed by atoms with Crippen LogP contribution in [-0.4, -0.2) is 18.3 Å². The lowest BCUT2D eigenvalue weighted by Crippen LogP contribution is -2.28. The van der Waals surface area contributed by atoms with E-state index < -0.39 is 5.91 Å². The molecule has 0 aliphatic heterocycles. The monoisotopic (exact) mass is 361 g/mol. The minimum atomic E-state index is -0.393. The molecule has 0 saturated heterocycles. The summed E-state index contributed by atoms with van der Waals surface area (Å²) in [4.78, 5) is 29.2. The van der Waals surface area contributed by atoms with E-state index >= 15 is 0 Å².